The number of ether oxygens (including phenoxy) is 1. The topological polar surface area (TPSA) is 9.23 Å². The van der Waals surface area contributed by atoms with Gasteiger partial charge in [-0.15, -0.1) is 0 Å². The molecule has 1 fully saturated rings. The lowest BCUT2D eigenvalue weighted by Crippen LogP contribution is -2.33. The van der Waals surface area contributed by atoms with Gasteiger partial charge in [0, 0.05) is 16.8 Å². The maximum Gasteiger partial charge on any atom is 0.0723 e. The summed E-state index contributed by atoms with van der Waals surface area (Å²) in [5.74, 6) is 0. The third-order valence-electron chi connectivity index (χ3n) is 3.54. The highest BCUT2D eigenvalue weighted by atomic mass is 28.1. The summed E-state index contributed by atoms with van der Waals surface area (Å²) in [6, 6.07) is 8.90. The monoisotopic (exact) mass is 246 g/mol. The van der Waals surface area contributed by atoms with Crippen LogP contribution in [0.4, 0.5) is 0 Å². The van der Waals surface area contributed by atoms with Crippen molar-refractivity contribution in [2.75, 3.05) is 6.61 Å². The summed E-state index contributed by atoms with van der Waals surface area (Å²) in [4.78, 5) is 0. The first kappa shape index (κ1) is 12.6. The van der Waals surface area contributed by atoms with Crippen molar-refractivity contribution in [3.05, 3.63) is 41.5 Å². The fraction of sp³-hybridized carbons (Fsp3) is 0.467. The van der Waals surface area contributed by atoms with Crippen LogP contribution in [0.25, 0.3) is 6.08 Å². The summed E-state index contributed by atoms with van der Waals surface area (Å²) < 4.78 is 6.02. The molecule has 1 aliphatic heterocycles. The maximum absolute atomic E-state index is 6.02. The zero-order chi connectivity index (χ0) is 12.1. The van der Waals surface area contributed by atoms with E-state index in [9.17, 15) is 0 Å². The van der Waals surface area contributed by atoms with Gasteiger partial charge in [0.1, 0.15) is 0 Å². The first-order valence-electron chi connectivity index (χ1n) is 6.66. The lowest BCUT2D eigenvalue weighted by atomic mass is 9.99. The molecular weight excluding hydrogens is 224 g/mol. The summed E-state index contributed by atoms with van der Waals surface area (Å²) in [6.45, 7) is 3.09. The van der Waals surface area contributed by atoms with E-state index >= 15 is 0 Å². The number of hydrogen-bond donors (Lipinski definition) is 0. The van der Waals surface area contributed by atoms with Gasteiger partial charge in [0.05, 0.1) is 5.22 Å². The quantitative estimate of drug-likeness (QED) is 0.745. The Morgan fingerprint density at radius 1 is 1.29 bits per heavy atom. The van der Waals surface area contributed by atoms with Crippen molar-refractivity contribution >= 4 is 16.3 Å². The van der Waals surface area contributed by atoms with Gasteiger partial charge >= 0.3 is 0 Å². The van der Waals surface area contributed by atoms with Crippen LogP contribution in [-0.2, 0) is 9.96 Å². The number of hydrogen-bond acceptors (Lipinski definition) is 1. The predicted molar refractivity (Wildman–Crippen MR) is 77.2 cm³/mol. The Labute approximate surface area is 107 Å². The molecule has 0 radical (unpaired) electrons. The summed E-state index contributed by atoms with van der Waals surface area (Å²) in [6.07, 6.45) is 9.20. The molecule has 1 atom stereocenters. The fourth-order valence-electron chi connectivity index (χ4n) is 2.36. The Balaban J connectivity index is 2.14. The van der Waals surface area contributed by atoms with Gasteiger partial charge < -0.3 is 4.74 Å². The zero-order valence-electron chi connectivity index (χ0n) is 10.9. The van der Waals surface area contributed by atoms with Crippen molar-refractivity contribution in [2.45, 2.75) is 37.8 Å². The lowest BCUT2D eigenvalue weighted by molar-refractivity contribution is -0.0210. The van der Waals surface area contributed by atoms with Crippen LogP contribution in [0.5, 0.6) is 0 Å². The van der Waals surface area contributed by atoms with E-state index in [1.54, 1.807) is 0 Å². The van der Waals surface area contributed by atoms with Crippen LogP contribution in [0.15, 0.2) is 30.3 Å². The Morgan fingerprint density at radius 3 is 2.65 bits per heavy atom. The first-order valence-corrected chi connectivity index (χ1v) is 7.66. The molecule has 1 aliphatic rings. The molecule has 1 nitrogen and oxygen atoms in total. The van der Waals surface area contributed by atoms with E-state index in [0.29, 0.717) is 0 Å². The minimum Gasteiger partial charge on any atom is -0.375 e. The average molecular weight is 246 g/mol. The number of benzene rings is 1. The molecule has 2 heteroatoms. The van der Waals surface area contributed by atoms with E-state index in [0.717, 1.165) is 23.3 Å². The van der Waals surface area contributed by atoms with E-state index in [4.69, 9.17) is 4.74 Å². The zero-order valence-corrected chi connectivity index (χ0v) is 12.9. The molecule has 2 rings (SSSR count). The molecular formula is C15H22OSi. The molecule has 0 amide bonds. The molecule has 0 aromatic heterocycles. The normalized spacial score (nSPS) is 25.5. The maximum atomic E-state index is 6.02. The van der Waals surface area contributed by atoms with Gasteiger partial charge in [-0.25, -0.2) is 0 Å². The lowest BCUT2D eigenvalue weighted by Gasteiger charge is -2.34. The van der Waals surface area contributed by atoms with E-state index < -0.39 is 0 Å². The summed E-state index contributed by atoms with van der Waals surface area (Å²) >= 11 is 0. The largest absolute Gasteiger partial charge is 0.375 e. The van der Waals surface area contributed by atoms with Gasteiger partial charge in [0.25, 0.3) is 0 Å². The average Bonchev–Trinajstić information content (AvgIpc) is 2.38. The number of allylic oxidation sites excluding steroid dienone is 1. The Bertz CT molecular complexity index is 374. The van der Waals surface area contributed by atoms with Gasteiger partial charge in [0.2, 0.25) is 0 Å². The van der Waals surface area contributed by atoms with Gasteiger partial charge in [-0.3, -0.25) is 0 Å². The smallest absolute Gasteiger partial charge is 0.0723 e. The summed E-state index contributed by atoms with van der Waals surface area (Å²) in [5.41, 5.74) is 2.66. The van der Waals surface area contributed by atoms with Gasteiger partial charge in [-0.05, 0) is 36.8 Å². The van der Waals surface area contributed by atoms with Crippen LogP contribution in [0, 0.1) is 0 Å². The summed E-state index contributed by atoms with van der Waals surface area (Å²) in [7, 11) is 1.08. The molecule has 1 heterocycles. The van der Waals surface area contributed by atoms with E-state index in [1.807, 2.05) is 0 Å². The second-order valence-corrected chi connectivity index (χ2v) is 6.58. The van der Waals surface area contributed by atoms with Crippen LogP contribution in [0.2, 0.25) is 0 Å². The predicted octanol–water partition coefficient (Wildman–Crippen LogP) is 2.83. The second kappa shape index (κ2) is 5.65. The minimum atomic E-state index is 0.0747. The fourth-order valence-corrected chi connectivity index (χ4v) is 3.25. The van der Waals surface area contributed by atoms with Crippen LogP contribution in [0.3, 0.4) is 0 Å². The van der Waals surface area contributed by atoms with Crippen LogP contribution < -0.4 is 0 Å². The molecule has 0 aliphatic carbocycles. The Morgan fingerprint density at radius 2 is 2.06 bits per heavy atom. The van der Waals surface area contributed by atoms with Crippen molar-refractivity contribution in [2.24, 2.45) is 0 Å². The standard InChI is InChI=1S/C15H22OSi/c1-2-3-6-13-7-9-14(10-8-13)15(17)11-4-5-12-16-15/h3,6-10H,2,4-5,11-12H2,1,17H3. The van der Waals surface area contributed by atoms with Crippen molar-refractivity contribution in [3.8, 4) is 0 Å². The first-order chi connectivity index (χ1) is 8.24. The molecule has 17 heavy (non-hydrogen) atoms. The van der Waals surface area contributed by atoms with Crippen LogP contribution in [-0.4, -0.2) is 16.8 Å². The number of rotatable bonds is 3. The van der Waals surface area contributed by atoms with E-state index in [2.05, 4.69) is 43.3 Å². The Hall–Kier alpha value is -0.863. The molecule has 0 spiro atoms. The highest BCUT2D eigenvalue weighted by molar-refractivity contribution is 6.14. The third-order valence-corrected chi connectivity index (χ3v) is 4.90. The third kappa shape index (κ3) is 3.08. The van der Waals surface area contributed by atoms with Gasteiger partial charge in [-0.2, -0.15) is 0 Å². The molecule has 1 saturated heterocycles. The molecule has 1 unspecified atom stereocenters. The van der Waals surface area contributed by atoms with E-state index in [1.165, 1.54) is 30.4 Å². The van der Waals surface area contributed by atoms with Gasteiger partial charge in [-0.1, -0.05) is 43.3 Å². The van der Waals surface area contributed by atoms with Gasteiger partial charge in [0.15, 0.2) is 0 Å². The molecule has 0 bridgehead atoms. The van der Waals surface area contributed by atoms with Crippen LogP contribution in [0.1, 0.15) is 43.7 Å². The SMILES string of the molecule is CCC=Cc1ccc(C2([SiH3])CCCCO2)cc1. The highest BCUT2D eigenvalue weighted by Crippen LogP contribution is 2.32. The van der Waals surface area contributed by atoms with Crippen molar-refractivity contribution in [1.29, 1.82) is 0 Å². The van der Waals surface area contributed by atoms with Crippen molar-refractivity contribution in [3.63, 3.8) is 0 Å². The minimum absolute atomic E-state index is 0.0747. The Kier molecular flexibility index (Phi) is 4.19. The van der Waals surface area contributed by atoms with Crippen LogP contribution >= 0.6 is 0 Å². The van der Waals surface area contributed by atoms with E-state index in [-0.39, 0.29) is 5.22 Å². The molecule has 0 saturated carbocycles. The van der Waals surface area contributed by atoms with Crippen molar-refractivity contribution < 1.29 is 4.74 Å². The molecule has 1 aromatic carbocycles. The highest BCUT2D eigenvalue weighted by Gasteiger charge is 2.29. The van der Waals surface area contributed by atoms with Crippen molar-refractivity contribution in [1.82, 2.24) is 0 Å². The molecule has 92 valence electrons. The summed E-state index contributed by atoms with van der Waals surface area (Å²) in [5, 5.41) is 0.0747. The molecule has 1 aromatic rings. The second-order valence-electron chi connectivity index (χ2n) is 4.97. The molecule has 0 N–H and O–H groups in total.